The fourth-order valence-corrected chi connectivity index (χ4v) is 2.75. The van der Waals surface area contributed by atoms with Crippen molar-refractivity contribution in [2.75, 3.05) is 0 Å². The van der Waals surface area contributed by atoms with Gasteiger partial charge >= 0.3 is 5.97 Å². The second-order valence-corrected chi connectivity index (χ2v) is 5.00. The van der Waals surface area contributed by atoms with Crippen LogP contribution in [0.4, 0.5) is 0 Å². The van der Waals surface area contributed by atoms with E-state index in [9.17, 15) is 4.79 Å². The van der Waals surface area contributed by atoms with E-state index >= 15 is 0 Å². The Bertz CT molecular complexity index is 593. The molecular formula is C17H16O2. The van der Waals surface area contributed by atoms with E-state index in [4.69, 9.17) is 4.74 Å². The highest BCUT2D eigenvalue weighted by atomic mass is 16.5. The minimum Gasteiger partial charge on any atom is -0.426 e. The van der Waals surface area contributed by atoms with Crippen molar-refractivity contribution < 1.29 is 9.53 Å². The first-order chi connectivity index (χ1) is 9.24. The van der Waals surface area contributed by atoms with Crippen LogP contribution in [0.5, 0.6) is 0 Å². The molecule has 2 unspecified atom stereocenters. The predicted octanol–water partition coefficient (Wildman–Crippen LogP) is 3.51. The molecule has 3 rings (SSSR count). The molecule has 0 fully saturated rings. The summed E-state index contributed by atoms with van der Waals surface area (Å²) in [4.78, 5) is 11.3. The summed E-state index contributed by atoms with van der Waals surface area (Å²) >= 11 is 0. The molecule has 2 nitrogen and oxygen atoms in total. The lowest BCUT2D eigenvalue weighted by Gasteiger charge is -2.19. The largest absolute Gasteiger partial charge is 0.426 e. The Morgan fingerprint density at radius 1 is 1.21 bits per heavy atom. The van der Waals surface area contributed by atoms with Gasteiger partial charge in [0.2, 0.25) is 0 Å². The van der Waals surface area contributed by atoms with Gasteiger partial charge in [-0.15, -0.1) is 0 Å². The van der Waals surface area contributed by atoms with Gasteiger partial charge in [-0.1, -0.05) is 48.6 Å². The molecule has 2 atom stereocenters. The maximum Gasteiger partial charge on any atom is 0.308 e. The van der Waals surface area contributed by atoms with Crippen molar-refractivity contribution in [2.24, 2.45) is 11.8 Å². The van der Waals surface area contributed by atoms with E-state index in [1.807, 2.05) is 18.2 Å². The molecule has 2 heteroatoms. The molecule has 0 amide bonds. The van der Waals surface area contributed by atoms with Crippen LogP contribution >= 0.6 is 0 Å². The van der Waals surface area contributed by atoms with Gasteiger partial charge in [0.05, 0.1) is 0 Å². The first-order valence-corrected chi connectivity index (χ1v) is 6.57. The van der Waals surface area contributed by atoms with E-state index in [0.29, 0.717) is 17.6 Å². The zero-order valence-corrected chi connectivity index (χ0v) is 10.9. The quantitative estimate of drug-likeness (QED) is 0.715. The third-order valence-corrected chi connectivity index (χ3v) is 3.63. The summed E-state index contributed by atoms with van der Waals surface area (Å²) in [6.45, 7) is 1.45. The van der Waals surface area contributed by atoms with Crippen LogP contribution < -0.4 is 0 Å². The Hall–Kier alpha value is -2.09. The summed E-state index contributed by atoms with van der Waals surface area (Å²) in [6, 6.07) is 8.15. The lowest BCUT2D eigenvalue weighted by molar-refractivity contribution is -0.134. The van der Waals surface area contributed by atoms with Crippen molar-refractivity contribution in [3.8, 4) is 0 Å². The van der Waals surface area contributed by atoms with E-state index in [2.05, 4.69) is 36.4 Å². The van der Waals surface area contributed by atoms with Crippen molar-refractivity contribution in [1.82, 2.24) is 0 Å². The Morgan fingerprint density at radius 3 is 2.84 bits per heavy atom. The minimum atomic E-state index is -0.269. The summed E-state index contributed by atoms with van der Waals surface area (Å²) in [5, 5.41) is 0. The lowest BCUT2D eigenvalue weighted by Crippen LogP contribution is -2.12. The van der Waals surface area contributed by atoms with Crippen LogP contribution in [0.3, 0.4) is 0 Å². The van der Waals surface area contributed by atoms with Crippen molar-refractivity contribution in [1.29, 1.82) is 0 Å². The summed E-state index contributed by atoms with van der Waals surface area (Å²) in [5.41, 5.74) is 2.27. The molecule has 1 aromatic carbocycles. The van der Waals surface area contributed by atoms with Gasteiger partial charge in [0, 0.05) is 18.4 Å². The van der Waals surface area contributed by atoms with Crippen LogP contribution in [0, 0.1) is 11.8 Å². The van der Waals surface area contributed by atoms with E-state index < -0.39 is 0 Å². The molecular weight excluding hydrogens is 236 g/mol. The molecule has 0 saturated carbocycles. The molecule has 2 aliphatic rings. The van der Waals surface area contributed by atoms with Crippen molar-refractivity contribution >= 4 is 11.7 Å². The third-order valence-electron chi connectivity index (χ3n) is 3.63. The molecule has 0 aromatic heterocycles. The van der Waals surface area contributed by atoms with Crippen LogP contribution in [-0.4, -0.2) is 5.97 Å². The van der Waals surface area contributed by atoms with Gasteiger partial charge in [-0.2, -0.15) is 0 Å². The van der Waals surface area contributed by atoms with Gasteiger partial charge in [-0.05, 0) is 24.0 Å². The normalized spacial score (nSPS) is 23.9. The molecule has 19 heavy (non-hydrogen) atoms. The molecule has 0 spiro atoms. The first-order valence-electron chi connectivity index (χ1n) is 6.57. The van der Waals surface area contributed by atoms with E-state index in [0.717, 1.165) is 12.0 Å². The lowest BCUT2D eigenvalue weighted by atomic mass is 9.85. The maximum atomic E-state index is 11.3. The Morgan fingerprint density at radius 2 is 2.00 bits per heavy atom. The SMILES string of the molecule is CC(=O)OC1=CC2C=CC=CC2Cc2ccccc21. The van der Waals surface area contributed by atoms with Crippen LogP contribution in [-0.2, 0) is 16.0 Å². The number of esters is 1. The van der Waals surface area contributed by atoms with E-state index in [1.165, 1.54) is 12.5 Å². The molecule has 0 bridgehead atoms. The zero-order valence-electron chi connectivity index (χ0n) is 10.9. The smallest absolute Gasteiger partial charge is 0.308 e. The number of allylic oxidation sites excluding steroid dienone is 5. The average molecular weight is 252 g/mol. The van der Waals surface area contributed by atoms with Gasteiger partial charge in [-0.25, -0.2) is 0 Å². The fraction of sp³-hybridized carbons (Fsp3) is 0.235. The predicted molar refractivity (Wildman–Crippen MR) is 75.1 cm³/mol. The number of ether oxygens (including phenoxy) is 1. The Balaban J connectivity index is 2.08. The average Bonchev–Trinajstić information content (AvgIpc) is 2.55. The van der Waals surface area contributed by atoms with Crippen LogP contribution in [0.15, 0.2) is 54.6 Å². The molecule has 0 saturated heterocycles. The second-order valence-electron chi connectivity index (χ2n) is 5.00. The monoisotopic (exact) mass is 252 g/mol. The Kier molecular flexibility index (Phi) is 3.08. The molecule has 1 aromatic rings. The number of carbonyl (C=O) groups excluding carboxylic acids is 1. The van der Waals surface area contributed by atoms with Gasteiger partial charge in [0.15, 0.2) is 0 Å². The van der Waals surface area contributed by atoms with Gasteiger partial charge in [-0.3, -0.25) is 4.79 Å². The summed E-state index contributed by atoms with van der Waals surface area (Å²) in [5.74, 6) is 1.16. The zero-order chi connectivity index (χ0) is 13.2. The topological polar surface area (TPSA) is 26.3 Å². The summed E-state index contributed by atoms with van der Waals surface area (Å²) in [6.07, 6.45) is 11.6. The molecule has 0 aliphatic heterocycles. The highest BCUT2D eigenvalue weighted by Crippen LogP contribution is 2.34. The number of carbonyl (C=O) groups is 1. The minimum absolute atomic E-state index is 0.269. The van der Waals surface area contributed by atoms with Gasteiger partial charge in [0.25, 0.3) is 0 Å². The Labute approximate surface area is 113 Å². The summed E-state index contributed by atoms with van der Waals surface area (Å²) < 4.78 is 5.41. The number of hydrogen-bond acceptors (Lipinski definition) is 2. The number of rotatable bonds is 1. The standard InChI is InChI=1S/C17H16O2/c1-12(18)19-17-11-14-7-3-2-6-13(14)10-15-8-4-5-9-16(15)17/h2-9,11,13-14H,10H2,1H3. The highest BCUT2D eigenvalue weighted by molar-refractivity contribution is 5.77. The molecule has 0 N–H and O–H groups in total. The number of hydrogen-bond donors (Lipinski definition) is 0. The van der Waals surface area contributed by atoms with Gasteiger partial charge in [0.1, 0.15) is 5.76 Å². The summed E-state index contributed by atoms with van der Waals surface area (Å²) in [7, 11) is 0. The van der Waals surface area contributed by atoms with Crippen LogP contribution in [0.2, 0.25) is 0 Å². The molecule has 0 heterocycles. The van der Waals surface area contributed by atoms with Crippen molar-refractivity contribution in [2.45, 2.75) is 13.3 Å². The van der Waals surface area contributed by atoms with Crippen molar-refractivity contribution in [3.05, 3.63) is 65.8 Å². The molecule has 2 aliphatic carbocycles. The number of benzene rings is 1. The first kappa shape index (κ1) is 12.0. The van der Waals surface area contributed by atoms with Gasteiger partial charge < -0.3 is 4.74 Å². The maximum absolute atomic E-state index is 11.3. The number of fused-ring (bicyclic) bond motifs is 2. The molecule has 0 radical (unpaired) electrons. The molecule has 96 valence electrons. The van der Waals surface area contributed by atoms with Crippen molar-refractivity contribution in [3.63, 3.8) is 0 Å². The highest BCUT2D eigenvalue weighted by Gasteiger charge is 2.25. The van der Waals surface area contributed by atoms with E-state index in [-0.39, 0.29) is 5.97 Å². The van der Waals surface area contributed by atoms with Crippen LogP contribution in [0.25, 0.3) is 5.76 Å². The van der Waals surface area contributed by atoms with Crippen LogP contribution in [0.1, 0.15) is 18.1 Å². The fourth-order valence-electron chi connectivity index (χ4n) is 2.75. The second kappa shape index (κ2) is 4.88. The van der Waals surface area contributed by atoms with E-state index in [1.54, 1.807) is 0 Å². The third kappa shape index (κ3) is 2.39.